The van der Waals surface area contributed by atoms with Crippen molar-refractivity contribution in [3.63, 3.8) is 0 Å². The number of hydrogen-bond acceptors (Lipinski definition) is 4. The summed E-state index contributed by atoms with van der Waals surface area (Å²) in [6.45, 7) is 19.7. The number of rotatable bonds is 2. The number of para-hydroxylation sites is 3. The molecule has 1 N–H and O–H groups in total. The van der Waals surface area contributed by atoms with Gasteiger partial charge in [-0.1, -0.05) is 98.7 Å². The molecule has 0 radical (unpaired) electrons. The average molecular weight is 840 g/mol. The molecule has 0 amide bonds. The Balaban J connectivity index is 0.00000392. The van der Waals surface area contributed by atoms with Crippen LogP contribution in [0.5, 0.6) is 5.75 Å². The van der Waals surface area contributed by atoms with Gasteiger partial charge in [0, 0.05) is 43.1 Å². The Hall–Kier alpha value is -4.54. The van der Waals surface area contributed by atoms with Gasteiger partial charge in [-0.3, -0.25) is 18.8 Å². The zero-order valence-electron chi connectivity index (χ0n) is 30.1. The molecule has 0 saturated carbocycles. The van der Waals surface area contributed by atoms with Gasteiger partial charge < -0.3 is 5.11 Å². The first kappa shape index (κ1) is 33.9. The summed E-state index contributed by atoms with van der Waals surface area (Å²) in [5.41, 5.74) is 11.4. The second-order valence-electron chi connectivity index (χ2n) is 16.4. The minimum atomic E-state index is -0.250. The van der Waals surface area contributed by atoms with E-state index in [4.69, 9.17) is 15.0 Å². The molecule has 4 heterocycles. The molecule has 0 atom stereocenters. The van der Waals surface area contributed by atoms with Crippen molar-refractivity contribution in [1.29, 1.82) is 0 Å². The molecule has 4 aromatic carbocycles. The molecular formula is C43H42N5OPt-. The van der Waals surface area contributed by atoms with E-state index >= 15 is 0 Å². The summed E-state index contributed by atoms with van der Waals surface area (Å²) < 4.78 is 4.34. The predicted octanol–water partition coefficient (Wildman–Crippen LogP) is 10.6. The van der Waals surface area contributed by atoms with Crippen molar-refractivity contribution in [1.82, 2.24) is 23.8 Å². The molecule has 4 aromatic heterocycles. The molecule has 0 fully saturated rings. The van der Waals surface area contributed by atoms with Crippen molar-refractivity contribution in [3.05, 3.63) is 108 Å². The maximum Gasteiger partial charge on any atom is 0.220 e. The van der Waals surface area contributed by atoms with Crippen LogP contribution in [-0.4, -0.2) is 28.9 Å². The third-order valence-corrected chi connectivity index (χ3v) is 9.72. The number of imidazole rings is 2. The third kappa shape index (κ3) is 5.40. The Labute approximate surface area is 307 Å². The fourth-order valence-electron chi connectivity index (χ4n) is 6.86. The summed E-state index contributed by atoms with van der Waals surface area (Å²) in [5, 5.41) is 12.9. The molecule has 6 nitrogen and oxygen atoms in total. The minimum absolute atomic E-state index is 0. The third-order valence-electron chi connectivity index (χ3n) is 9.72. The van der Waals surface area contributed by atoms with Crippen LogP contribution in [-0.2, 0) is 37.3 Å². The summed E-state index contributed by atoms with van der Waals surface area (Å²) in [4.78, 5) is 15.5. The molecule has 0 saturated heterocycles. The molecule has 50 heavy (non-hydrogen) atoms. The fraction of sp³-hybridized carbons (Fsp3) is 0.279. The van der Waals surface area contributed by atoms with Gasteiger partial charge in [0.25, 0.3) is 0 Å². The van der Waals surface area contributed by atoms with Gasteiger partial charge in [-0.15, -0.1) is 23.8 Å². The van der Waals surface area contributed by atoms with E-state index in [1.54, 1.807) is 0 Å². The first-order valence-electron chi connectivity index (χ1n) is 17.0. The summed E-state index contributed by atoms with van der Waals surface area (Å²) >= 11 is 0. The van der Waals surface area contributed by atoms with Gasteiger partial charge in [-0.25, -0.2) is 4.98 Å². The Morgan fingerprint density at radius 2 is 1.24 bits per heavy atom. The van der Waals surface area contributed by atoms with Crippen LogP contribution >= 0.6 is 0 Å². The number of benzene rings is 4. The van der Waals surface area contributed by atoms with Crippen molar-refractivity contribution in [2.45, 2.75) is 78.6 Å². The normalized spacial score (nSPS) is 12.8. The van der Waals surface area contributed by atoms with E-state index in [2.05, 4.69) is 156 Å². The number of fused-ring (bicyclic) bond motifs is 10. The average Bonchev–Trinajstić information content (AvgIpc) is 3.62. The van der Waals surface area contributed by atoms with Crippen LogP contribution in [0.25, 0.3) is 66.9 Å². The first-order valence-corrected chi connectivity index (χ1v) is 17.0. The van der Waals surface area contributed by atoms with Crippen LogP contribution in [0, 0.1) is 6.07 Å². The monoisotopic (exact) mass is 839 g/mol. The molecule has 0 aliphatic rings. The van der Waals surface area contributed by atoms with Gasteiger partial charge in [0.15, 0.2) is 0 Å². The van der Waals surface area contributed by atoms with Crippen LogP contribution in [0.15, 0.2) is 84.9 Å². The largest absolute Gasteiger partial charge is 0.507 e. The van der Waals surface area contributed by atoms with E-state index in [1.807, 2.05) is 6.07 Å². The molecule has 0 bridgehead atoms. The second kappa shape index (κ2) is 11.5. The Morgan fingerprint density at radius 3 is 1.94 bits per heavy atom. The van der Waals surface area contributed by atoms with Gasteiger partial charge in [-0.05, 0) is 75.0 Å². The SMILES string of the molecule is CC(C)(C)c1cc(-c2[c-]c3c(cc2)nc2c4ccccc4n4c5ccccc5nc4n32)nc(-c2cc(C(C)(C)C)cc(C(C)(C)C)c2O)c1.[Pt]. The van der Waals surface area contributed by atoms with E-state index in [1.165, 1.54) is 0 Å². The number of aromatic nitrogens is 5. The minimum Gasteiger partial charge on any atom is -0.507 e. The summed E-state index contributed by atoms with van der Waals surface area (Å²) in [6, 6.07) is 33.0. The zero-order chi connectivity index (χ0) is 34.6. The number of pyridine rings is 1. The van der Waals surface area contributed by atoms with E-state index in [0.29, 0.717) is 0 Å². The molecular weight excluding hydrogens is 798 g/mol. The number of phenols is 1. The van der Waals surface area contributed by atoms with Crippen molar-refractivity contribution >= 4 is 44.4 Å². The van der Waals surface area contributed by atoms with E-state index in [-0.39, 0.29) is 43.1 Å². The van der Waals surface area contributed by atoms with Gasteiger partial charge in [0.1, 0.15) is 11.4 Å². The predicted molar refractivity (Wildman–Crippen MR) is 202 cm³/mol. The van der Waals surface area contributed by atoms with E-state index in [0.717, 1.165) is 83.6 Å². The molecule has 256 valence electrons. The van der Waals surface area contributed by atoms with Crippen LogP contribution in [0.2, 0.25) is 0 Å². The summed E-state index contributed by atoms with van der Waals surface area (Å²) in [6.07, 6.45) is 0. The number of hydrogen-bond donors (Lipinski definition) is 1. The van der Waals surface area contributed by atoms with Crippen molar-refractivity contribution in [2.75, 3.05) is 0 Å². The molecule has 0 aliphatic heterocycles. The van der Waals surface area contributed by atoms with Crippen molar-refractivity contribution in [2.24, 2.45) is 0 Å². The van der Waals surface area contributed by atoms with Crippen LogP contribution in [0.1, 0.15) is 79.0 Å². The van der Waals surface area contributed by atoms with E-state index < -0.39 is 0 Å². The van der Waals surface area contributed by atoms with Crippen molar-refractivity contribution in [3.8, 4) is 28.3 Å². The Morgan fingerprint density at radius 1 is 0.600 bits per heavy atom. The molecule has 0 aliphatic carbocycles. The van der Waals surface area contributed by atoms with Gasteiger partial charge in [-0.2, -0.15) is 0 Å². The smallest absolute Gasteiger partial charge is 0.220 e. The maximum absolute atomic E-state index is 11.8. The zero-order valence-corrected chi connectivity index (χ0v) is 32.4. The Bertz CT molecular complexity index is 2630. The number of nitrogens with zero attached hydrogens (tertiary/aromatic N) is 5. The number of phenolic OH excluding ortho intramolecular Hbond substituents is 1. The molecule has 8 rings (SSSR count). The van der Waals surface area contributed by atoms with Gasteiger partial charge in [0.05, 0.1) is 22.2 Å². The fourth-order valence-corrected chi connectivity index (χ4v) is 6.86. The summed E-state index contributed by atoms with van der Waals surface area (Å²) in [7, 11) is 0. The molecule has 7 heteroatoms. The topological polar surface area (TPSA) is 67.7 Å². The van der Waals surface area contributed by atoms with Gasteiger partial charge in [0.2, 0.25) is 5.78 Å². The Kier molecular flexibility index (Phi) is 7.80. The molecule has 8 aromatic rings. The van der Waals surface area contributed by atoms with E-state index in [9.17, 15) is 5.11 Å². The quantitative estimate of drug-likeness (QED) is 0.176. The number of aromatic hydroxyl groups is 1. The molecule has 0 unspecified atom stereocenters. The standard InChI is InChI=1S/C43H42N5O.Pt/c1-41(2,3)26-21-29(38(49)30(22-26)43(7,8)9)34-24-27(42(4,5)6)23-33(44-34)25-18-19-32-37(20-25)48-39(45-32)28-14-10-12-16-35(28)47-36-17-13-11-15-31(36)46-40(47)48;/h10-19,21-24,49H,1-9H3;/q-1;. The first-order chi connectivity index (χ1) is 23.1. The molecule has 0 spiro atoms. The van der Waals surface area contributed by atoms with Crippen molar-refractivity contribution < 1.29 is 26.2 Å². The maximum atomic E-state index is 11.8. The van der Waals surface area contributed by atoms with Gasteiger partial charge >= 0.3 is 0 Å². The van der Waals surface area contributed by atoms with Crippen LogP contribution in [0.3, 0.4) is 0 Å². The second-order valence-corrected chi connectivity index (χ2v) is 16.4. The van der Waals surface area contributed by atoms with Crippen LogP contribution < -0.4 is 0 Å². The summed E-state index contributed by atoms with van der Waals surface area (Å²) in [5.74, 6) is 1.08. The van der Waals surface area contributed by atoms with Crippen LogP contribution in [0.4, 0.5) is 0 Å².